The van der Waals surface area contributed by atoms with Gasteiger partial charge in [0.15, 0.2) is 0 Å². The van der Waals surface area contributed by atoms with E-state index in [1.165, 1.54) is 19.4 Å². The molecule has 36 heavy (non-hydrogen) atoms. The Kier molecular flexibility index (Phi) is 13.0. The molecule has 0 spiro atoms. The third kappa shape index (κ3) is 11.1. The van der Waals surface area contributed by atoms with Gasteiger partial charge in [-0.1, -0.05) is 29.3 Å². The Balaban J connectivity index is 1.95. The predicted molar refractivity (Wildman–Crippen MR) is 134 cm³/mol. The number of aromatic nitrogens is 1. The zero-order chi connectivity index (χ0) is 26.4. The smallest absolute Gasteiger partial charge is 0.421 e. The average molecular weight is 566 g/mol. The van der Waals surface area contributed by atoms with Crippen molar-refractivity contribution >= 4 is 39.5 Å². The number of rotatable bonds is 16. The average Bonchev–Trinajstić information content (AvgIpc) is 2.82. The summed E-state index contributed by atoms with van der Waals surface area (Å²) in [6.07, 6.45) is 1.62. The second kappa shape index (κ2) is 15.7. The maximum Gasteiger partial charge on any atom is 0.421 e. The summed E-state index contributed by atoms with van der Waals surface area (Å²) in [5.74, 6) is 1.15. The minimum atomic E-state index is -4.02. The zero-order valence-electron chi connectivity index (χ0n) is 19.9. The molecule has 1 aromatic heterocycles. The summed E-state index contributed by atoms with van der Waals surface area (Å²) >= 11 is 12.1. The van der Waals surface area contributed by atoms with Crippen LogP contribution in [0.2, 0.25) is 10.0 Å². The number of methoxy groups -OCH3 is 2. The molecule has 2 N–H and O–H groups in total. The summed E-state index contributed by atoms with van der Waals surface area (Å²) in [6, 6.07) is 6.77. The van der Waals surface area contributed by atoms with Crippen LogP contribution in [0.1, 0.15) is 18.4 Å². The molecule has 200 valence electrons. The van der Waals surface area contributed by atoms with Crippen molar-refractivity contribution in [1.29, 1.82) is 0 Å². The number of pyridine rings is 1. The van der Waals surface area contributed by atoms with Gasteiger partial charge in [0.1, 0.15) is 23.1 Å². The summed E-state index contributed by atoms with van der Waals surface area (Å²) in [5, 5.41) is 0.600. The Bertz CT molecular complexity index is 1090. The molecule has 1 aromatic carbocycles. The Hall–Kier alpha value is -2.35. The lowest BCUT2D eigenvalue weighted by Crippen LogP contribution is -2.41. The Morgan fingerprint density at radius 3 is 2.53 bits per heavy atom. The largest absolute Gasteiger partial charge is 0.491 e. The van der Waals surface area contributed by atoms with Gasteiger partial charge in [0, 0.05) is 39.6 Å². The highest BCUT2D eigenvalue weighted by atomic mass is 35.5. The molecule has 1 heterocycles. The first-order chi connectivity index (χ1) is 17.2. The van der Waals surface area contributed by atoms with E-state index in [9.17, 15) is 13.2 Å². The molecular weight excluding hydrogens is 537 g/mol. The number of benzene rings is 1. The van der Waals surface area contributed by atoms with E-state index in [4.69, 9.17) is 46.9 Å². The van der Waals surface area contributed by atoms with Crippen LogP contribution in [0.4, 0.5) is 4.79 Å². The van der Waals surface area contributed by atoms with Crippen molar-refractivity contribution in [3.8, 4) is 17.4 Å². The molecule has 0 bridgehead atoms. The van der Waals surface area contributed by atoms with Gasteiger partial charge in [-0.25, -0.2) is 14.5 Å². The van der Waals surface area contributed by atoms with E-state index >= 15 is 0 Å². The second-order valence-corrected chi connectivity index (χ2v) is 9.58. The second-order valence-electron chi connectivity index (χ2n) is 7.24. The quantitative estimate of drug-likeness (QED) is 0.292. The zero-order valence-corrected chi connectivity index (χ0v) is 22.2. The molecule has 0 fully saturated rings. The highest BCUT2D eigenvalue weighted by Crippen LogP contribution is 2.33. The number of aryl methyl sites for hydroxylation is 1. The number of amides is 1. The lowest BCUT2D eigenvalue weighted by Gasteiger charge is -2.14. The SMILES string of the molecule is COCCCNS(=O)(=O)NC(=O)OCCCc1ccc(OCCOC)cc1Oc1ncc(Cl)cc1Cl. The van der Waals surface area contributed by atoms with Crippen LogP contribution in [0, 0.1) is 0 Å². The van der Waals surface area contributed by atoms with Gasteiger partial charge in [-0.15, -0.1) is 0 Å². The van der Waals surface area contributed by atoms with Gasteiger partial charge in [0.25, 0.3) is 0 Å². The number of nitrogens with one attached hydrogen (secondary N) is 2. The van der Waals surface area contributed by atoms with E-state index in [1.807, 2.05) is 0 Å². The molecule has 2 aromatic rings. The van der Waals surface area contributed by atoms with Crippen molar-refractivity contribution in [2.24, 2.45) is 0 Å². The van der Waals surface area contributed by atoms with Gasteiger partial charge in [-0.3, -0.25) is 0 Å². The van der Waals surface area contributed by atoms with E-state index in [1.54, 1.807) is 30.0 Å². The van der Waals surface area contributed by atoms with Crippen molar-refractivity contribution in [2.45, 2.75) is 19.3 Å². The molecule has 1 amide bonds. The van der Waals surface area contributed by atoms with Gasteiger partial charge < -0.3 is 23.7 Å². The summed E-state index contributed by atoms with van der Waals surface area (Å²) in [7, 11) is -0.931. The van der Waals surface area contributed by atoms with Crippen molar-refractivity contribution in [2.75, 3.05) is 47.2 Å². The summed E-state index contributed by atoms with van der Waals surface area (Å²) < 4.78 is 54.0. The van der Waals surface area contributed by atoms with Gasteiger partial charge in [-0.2, -0.15) is 13.1 Å². The first-order valence-corrected chi connectivity index (χ1v) is 13.1. The molecule has 2 rings (SSSR count). The van der Waals surface area contributed by atoms with Crippen molar-refractivity contribution in [1.82, 2.24) is 14.4 Å². The molecule has 14 heteroatoms. The fraction of sp³-hybridized carbons (Fsp3) is 0.455. The third-order valence-corrected chi connectivity index (χ3v) is 5.93. The van der Waals surface area contributed by atoms with Crippen LogP contribution in [-0.2, 0) is 30.8 Å². The summed E-state index contributed by atoms with van der Waals surface area (Å²) in [4.78, 5) is 15.9. The highest BCUT2D eigenvalue weighted by Gasteiger charge is 2.15. The molecule has 0 aliphatic heterocycles. The minimum Gasteiger partial charge on any atom is -0.491 e. The molecule has 0 atom stereocenters. The maximum absolute atomic E-state index is 11.8. The summed E-state index contributed by atoms with van der Waals surface area (Å²) in [6.45, 7) is 1.25. The number of ether oxygens (including phenoxy) is 5. The van der Waals surface area contributed by atoms with Gasteiger partial charge in [-0.05, 0) is 37.0 Å². The molecule has 0 saturated carbocycles. The fourth-order valence-corrected chi connectivity index (χ4v) is 3.96. The van der Waals surface area contributed by atoms with Crippen molar-refractivity contribution < 1.29 is 36.9 Å². The van der Waals surface area contributed by atoms with Crippen molar-refractivity contribution in [3.05, 3.63) is 46.1 Å². The molecule has 11 nitrogen and oxygen atoms in total. The van der Waals surface area contributed by atoms with E-state index in [0.717, 1.165) is 5.56 Å². The standard InChI is InChI=1S/C22H29Cl2N3O8S/c1-31-9-4-8-26-36(29,30)27-22(28)34-10-3-5-16-6-7-18(33-12-11-32-2)14-20(16)35-21-19(24)13-17(23)15-25-21/h6-7,13-15,26H,3-5,8-12H2,1-2H3,(H,27,28). The summed E-state index contributed by atoms with van der Waals surface area (Å²) in [5.41, 5.74) is 0.762. The van der Waals surface area contributed by atoms with E-state index in [2.05, 4.69) is 9.71 Å². The maximum atomic E-state index is 11.8. The lowest BCUT2D eigenvalue weighted by molar-refractivity contribution is 0.146. The Morgan fingerprint density at radius 1 is 1.03 bits per heavy atom. The predicted octanol–water partition coefficient (Wildman–Crippen LogP) is 3.74. The van der Waals surface area contributed by atoms with E-state index < -0.39 is 16.3 Å². The molecule has 0 aliphatic carbocycles. The van der Waals surface area contributed by atoms with Gasteiger partial charge in [0.2, 0.25) is 5.88 Å². The molecule has 0 saturated heterocycles. The topological polar surface area (TPSA) is 134 Å². The van der Waals surface area contributed by atoms with Gasteiger partial charge >= 0.3 is 16.3 Å². The van der Waals surface area contributed by atoms with Crippen LogP contribution < -0.4 is 18.9 Å². The number of carbonyl (C=O) groups excluding carboxylic acids is 1. The van der Waals surface area contributed by atoms with Gasteiger partial charge in [0.05, 0.1) is 18.2 Å². The first-order valence-electron chi connectivity index (χ1n) is 10.9. The normalized spacial score (nSPS) is 11.2. The van der Waals surface area contributed by atoms with Crippen LogP contribution in [-0.4, -0.2) is 66.7 Å². The molecular formula is C22H29Cl2N3O8S. The fourth-order valence-electron chi connectivity index (χ4n) is 2.78. The number of hydrogen-bond donors (Lipinski definition) is 2. The Labute approximate surface area is 220 Å². The number of carbonyl (C=O) groups is 1. The molecule has 0 unspecified atom stereocenters. The molecule has 0 radical (unpaired) electrons. The van der Waals surface area contributed by atoms with E-state index in [-0.39, 0.29) is 24.1 Å². The van der Waals surface area contributed by atoms with E-state index in [0.29, 0.717) is 55.6 Å². The Morgan fingerprint density at radius 2 is 1.81 bits per heavy atom. The number of nitrogens with zero attached hydrogens (tertiary/aromatic N) is 1. The lowest BCUT2D eigenvalue weighted by atomic mass is 10.1. The van der Waals surface area contributed by atoms with Crippen LogP contribution in [0.3, 0.4) is 0 Å². The third-order valence-electron chi connectivity index (χ3n) is 4.43. The first kappa shape index (κ1) is 29.9. The monoisotopic (exact) mass is 565 g/mol. The minimum absolute atomic E-state index is 0.0312. The highest BCUT2D eigenvalue weighted by molar-refractivity contribution is 7.88. The van der Waals surface area contributed by atoms with Crippen LogP contribution in [0.15, 0.2) is 30.5 Å². The van der Waals surface area contributed by atoms with Crippen molar-refractivity contribution in [3.63, 3.8) is 0 Å². The van der Waals surface area contributed by atoms with Crippen LogP contribution in [0.5, 0.6) is 17.4 Å². The number of hydrogen-bond acceptors (Lipinski definition) is 9. The van der Waals surface area contributed by atoms with Crippen LogP contribution in [0.25, 0.3) is 0 Å². The molecule has 0 aliphatic rings. The van der Waals surface area contributed by atoms with Crippen LogP contribution >= 0.6 is 23.2 Å². The number of halogens is 2.